The Morgan fingerprint density at radius 1 is 1.18 bits per heavy atom. The Labute approximate surface area is 106 Å². The van der Waals surface area contributed by atoms with Crippen molar-refractivity contribution in [1.82, 2.24) is 4.90 Å². The number of hydrogen-bond donors (Lipinski definition) is 0. The van der Waals surface area contributed by atoms with Crippen molar-refractivity contribution in [2.75, 3.05) is 26.3 Å². The summed E-state index contributed by atoms with van der Waals surface area (Å²) in [6.07, 6.45) is 5.21. The summed E-state index contributed by atoms with van der Waals surface area (Å²) in [6, 6.07) is 0. The van der Waals surface area contributed by atoms with E-state index < -0.39 is 0 Å². The van der Waals surface area contributed by atoms with E-state index in [1.807, 2.05) is 4.90 Å². The molecule has 1 amide bonds. The molecule has 2 fully saturated rings. The Bertz CT molecular complexity index is 226. The van der Waals surface area contributed by atoms with Gasteiger partial charge in [0.15, 0.2) is 0 Å². The summed E-state index contributed by atoms with van der Waals surface area (Å²) >= 11 is 0. The molecule has 0 radical (unpaired) electrons. The fraction of sp³-hybridized carbons (Fsp3) is 0.929. The van der Waals surface area contributed by atoms with Gasteiger partial charge in [0.2, 0.25) is 5.91 Å². The number of nitrogens with zero attached hydrogens (tertiary/aromatic N) is 1. The summed E-state index contributed by atoms with van der Waals surface area (Å²) in [7, 11) is 0. The lowest BCUT2D eigenvalue weighted by molar-refractivity contribution is -0.150. The molecule has 0 aromatic heterocycles. The molecule has 0 N–H and O–H groups in total. The van der Waals surface area contributed by atoms with Gasteiger partial charge in [0.25, 0.3) is 0 Å². The lowest BCUT2D eigenvalue weighted by atomic mass is 9.73. The van der Waals surface area contributed by atoms with E-state index in [2.05, 4.69) is 20.8 Å². The monoisotopic (exact) mass is 241 g/mol. The van der Waals surface area contributed by atoms with E-state index in [-0.39, 0.29) is 0 Å². The van der Waals surface area contributed by atoms with Crippen LogP contribution in [0.2, 0.25) is 0 Å². The van der Waals surface area contributed by atoms with Gasteiger partial charge in [-0.3, -0.25) is 4.79 Å². The molecule has 2 heterocycles. The van der Waals surface area contributed by atoms with Crippen LogP contribution in [0.5, 0.6) is 0 Å². The average Bonchev–Trinajstić information content (AvgIpc) is 2.28. The van der Waals surface area contributed by atoms with Crippen molar-refractivity contribution in [3.8, 4) is 0 Å². The Morgan fingerprint density at radius 3 is 2.18 bits per heavy atom. The maximum Gasteiger partial charge on any atom is 0.222 e. The molecule has 0 atom stereocenters. The molecule has 100 valence electrons. The molecule has 3 nitrogen and oxygen atoms in total. The van der Waals surface area contributed by atoms with Crippen LogP contribution in [0.4, 0.5) is 0 Å². The predicted molar refractivity (Wildman–Crippen MR) is 69.9 cm³/mol. The van der Waals surface area contributed by atoms with Crippen LogP contribution in [0, 0.1) is 5.41 Å². The maximum atomic E-state index is 11.5. The number of ether oxygens (including phenoxy) is 1. The Balaban J connectivity index is 0.000000437. The van der Waals surface area contributed by atoms with Gasteiger partial charge in [-0.2, -0.15) is 0 Å². The molecule has 0 aromatic rings. The predicted octanol–water partition coefficient (Wildman–Crippen LogP) is 2.84. The lowest BCUT2D eigenvalue weighted by Crippen LogP contribution is -2.60. The minimum atomic E-state index is 0.338. The minimum absolute atomic E-state index is 0.338. The number of hydrogen-bond acceptors (Lipinski definition) is 2. The molecule has 0 aromatic carbocycles. The van der Waals surface area contributed by atoms with E-state index >= 15 is 0 Å². The first-order valence-electron chi connectivity index (χ1n) is 7.03. The third-order valence-corrected chi connectivity index (χ3v) is 3.42. The first kappa shape index (κ1) is 14.5. The molecule has 17 heavy (non-hydrogen) atoms. The molecule has 1 spiro atoms. The van der Waals surface area contributed by atoms with Gasteiger partial charge in [-0.15, -0.1) is 0 Å². The Morgan fingerprint density at radius 2 is 1.71 bits per heavy atom. The van der Waals surface area contributed by atoms with Crippen molar-refractivity contribution in [3.05, 3.63) is 0 Å². The van der Waals surface area contributed by atoms with Crippen LogP contribution in [0.15, 0.2) is 0 Å². The molecular formula is C14H27NO2. The highest BCUT2D eigenvalue weighted by atomic mass is 16.5. The summed E-state index contributed by atoms with van der Waals surface area (Å²) in [5.41, 5.74) is 0.432. The number of carbonyl (C=O) groups excluding carboxylic acids is 1. The second kappa shape index (κ2) is 7.00. The molecule has 0 aliphatic carbocycles. The minimum Gasteiger partial charge on any atom is -0.381 e. The molecule has 2 aliphatic rings. The highest BCUT2D eigenvalue weighted by molar-refractivity contribution is 5.77. The van der Waals surface area contributed by atoms with Gasteiger partial charge in [0.05, 0.1) is 0 Å². The molecule has 0 saturated carbocycles. The third kappa shape index (κ3) is 3.98. The second-order valence-corrected chi connectivity index (χ2v) is 5.32. The van der Waals surface area contributed by atoms with Crippen LogP contribution >= 0.6 is 0 Å². The fourth-order valence-corrected chi connectivity index (χ4v) is 2.43. The normalized spacial score (nSPS) is 21.5. The standard InChI is InChI=1S/C11H19NO2.C3H8/c1-2-3-10(13)12-8-11(9-12)4-6-14-7-5-11;1-3-2/h2-9H2,1H3;3H2,1-2H3. The van der Waals surface area contributed by atoms with Crippen LogP contribution in [0.25, 0.3) is 0 Å². The van der Waals surface area contributed by atoms with E-state index in [4.69, 9.17) is 4.74 Å². The van der Waals surface area contributed by atoms with Gasteiger partial charge >= 0.3 is 0 Å². The van der Waals surface area contributed by atoms with Crippen LogP contribution in [-0.2, 0) is 9.53 Å². The van der Waals surface area contributed by atoms with Crippen LogP contribution in [0.1, 0.15) is 52.9 Å². The van der Waals surface area contributed by atoms with E-state index in [1.54, 1.807) is 0 Å². The van der Waals surface area contributed by atoms with Crippen molar-refractivity contribution >= 4 is 5.91 Å². The van der Waals surface area contributed by atoms with E-state index in [0.29, 0.717) is 17.7 Å². The molecule has 2 aliphatic heterocycles. The van der Waals surface area contributed by atoms with Crippen molar-refractivity contribution in [1.29, 1.82) is 0 Å². The van der Waals surface area contributed by atoms with Gasteiger partial charge in [-0.1, -0.05) is 27.2 Å². The zero-order valence-corrected chi connectivity index (χ0v) is 11.6. The first-order chi connectivity index (χ1) is 8.17. The van der Waals surface area contributed by atoms with Crippen LogP contribution in [0.3, 0.4) is 0 Å². The largest absolute Gasteiger partial charge is 0.381 e. The summed E-state index contributed by atoms with van der Waals surface area (Å²) in [5.74, 6) is 0.338. The zero-order valence-electron chi connectivity index (χ0n) is 11.6. The topological polar surface area (TPSA) is 29.5 Å². The fourth-order valence-electron chi connectivity index (χ4n) is 2.43. The molecular weight excluding hydrogens is 214 g/mol. The Kier molecular flexibility index (Phi) is 5.96. The van der Waals surface area contributed by atoms with Gasteiger partial charge in [0.1, 0.15) is 0 Å². The zero-order chi connectivity index (χ0) is 12.7. The SMILES string of the molecule is CCC.CCCC(=O)N1CC2(CCOCC2)C1. The summed E-state index contributed by atoms with van der Waals surface area (Å²) in [6.45, 7) is 10.0. The number of carbonyl (C=O) groups is 1. The Hall–Kier alpha value is -0.570. The molecule has 0 unspecified atom stereocenters. The average molecular weight is 241 g/mol. The summed E-state index contributed by atoms with van der Waals surface area (Å²) < 4.78 is 5.34. The third-order valence-electron chi connectivity index (χ3n) is 3.42. The van der Waals surface area contributed by atoms with E-state index in [1.165, 1.54) is 6.42 Å². The second-order valence-electron chi connectivity index (χ2n) is 5.32. The van der Waals surface area contributed by atoms with Crippen LogP contribution < -0.4 is 0 Å². The van der Waals surface area contributed by atoms with Crippen LogP contribution in [-0.4, -0.2) is 37.1 Å². The lowest BCUT2D eigenvalue weighted by Gasteiger charge is -2.52. The quantitative estimate of drug-likeness (QED) is 0.744. The molecule has 3 heteroatoms. The number of rotatable bonds is 2. The highest BCUT2D eigenvalue weighted by Crippen LogP contribution is 2.39. The van der Waals surface area contributed by atoms with E-state index in [9.17, 15) is 4.79 Å². The van der Waals surface area contributed by atoms with Gasteiger partial charge < -0.3 is 9.64 Å². The smallest absolute Gasteiger partial charge is 0.222 e. The number of likely N-dealkylation sites (tertiary alicyclic amines) is 1. The molecule has 2 saturated heterocycles. The molecule has 0 bridgehead atoms. The summed E-state index contributed by atoms with van der Waals surface area (Å²) in [5, 5.41) is 0. The van der Waals surface area contributed by atoms with Gasteiger partial charge in [-0.25, -0.2) is 0 Å². The summed E-state index contributed by atoms with van der Waals surface area (Å²) in [4.78, 5) is 13.6. The van der Waals surface area contributed by atoms with Gasteiger partial charge in [-0.05, 0) is 19.3 Å². The highest BCUT2D eigenvalue weighted by Gasteiger charge is 2.45. The number of amides is 1. The van der Waals surface area contributed by atoms with Crippen molar-refractivity contribution < 1.29 is 9.53 Å². The van der Waals surface area contributed by atoms with Crippen molar-refractivity contribution in [2.45, 2.75) is 52.9 Å². The van der Waals surface area contributed by atoms with Crippen molar-refractivity contribution in [2.24, 2.45) is 5.41 Å². The maximum absolute atomic E-state index is 11.5. The van der Waals surface area contributed by atoms with Crippen molar-refractivity contribution in [3.63, 3.8) is 0 Å². The first-order valence-corrected chi connectivity index (χ1v) is 7.03. The van der Waals surface area contributed by atoms with E-state index in [0.717, 1.165) is 45.6 Å². The molecule has 2 rings (SSSR count). The van der Waals surface area contributed by atoms with Gasteiger partial charge in [0, 0.05) is 38.1 Å².